The zero-order chi connectivity index (χ0) is 23.4. The molecule has 2 aliphatic heterocycles. The van der Waals surface area contributed by atoms with Crippen LogP contribution in [0.15, 0.2) is 30.3 Å². The van der Waals surface area contributed by atoms with Crippen LogP contribution < -0.4 is 4.90 Å². The van der Waals surface area contributed by atoms with E-state index < -0.39 is 0 Å². The summed E-state index contributed by atoms with van der Waals surface area (Å²) in [5.41, 5.74) is 3.14. The normalized spacial score (nSPS) is 17.2. The van der Waals surface area contributed by atoms with Crippen LogP contribution in [-0.2, 0) is 29.0 Å². The molecule has 33 heavy (non-hydrogen) atoms. The molecular weight excluding hydrogens is 414 g/mol. The monoisotopic (exact) mass is 449 g/mol. The molecule has 0 spiro atoms. The molecule has 0 bridgehead atoms. The minimum absolute atomic E-state index is 0.0832. The number of likely N-dealkylation sites (N-methyl/N-ethyl adjacent to an activating group) is 1. The van der Waals surface area contributed by atoms with Gasteiger partial charge in [0.15, 0.2) is 0 Å². The molecule has 1 saturated heterocycles. The zero-order valence-corrected chi connectivity index (χ0v) is 20.1. The topological polar surface area (TPSA) is 69.6 Å². The largest absolute Gasteiger partial charge is 0.337 e. The molecule has 2 amide bonds. The van der Waals surface area contributed by atoms with Crippen LogP contribution in [-0.4, -0.2) is 64.3 Å². The smallest absolute Gasteiger partial charge is 0.240 e. The maximum absolute atomic E-state index is 13.2. The van der Waals surface area contributed by atoms with Gasteiger partial charge in [0.1, 0.15) is 11.6 Å². The fraction of sp³-hybridized carbons (Fsp3) is 0.538. The van der Waals surface area contributed by atoms with Crippen LogP contribution in [0.25, 0.3) is 0 Å². The quantitative estimate of drug-likeness (QED) is 0.619. The van der Waals surface area contributed by atoms with Gasteiger partial charge in [-0.1, -0.05) is 37.3 Å². The molecule has 7 nitrogen and oxygen atoms in total. The number of anilines is 1. The van der Waals surface area contributed by atoms with Crippen molar-refractivity contribution in [1.29, 1.82) is 0 Å². The van der Waals surface area contributed by atoms with Crippen molar-refractivity contribution < 1.29 is 9.59 Å². The van der Waals surface area contributed by atoms with Crippen LogP contribution >= 0.6 is 0 Å². The lowest BCUT2D eigenvalue weighted by molar-refractivity contribution is -0.136. The maximum atomic E-state index is 13.2. The lowest BCUT2D eigenvalue weighted by Crippen LogP contribution is -2.46. The van der Waals surface area contributed by atoms with Crippen molar-refractivity contribution in [3.63, 3.8) is 0 Å². The number of rotatable bonds is 8. The number of carbonyl (C=O) groups is 2. The minimum Gasteiger partial charge on any atom is -0.337 e. The molecule has 1 aromatic carbocycles. The average molecular weight is 450 g/mol. The summed E-state index contributed by atoms with van der Waals surface area (Å²) in [5, 5.41) is 0. The molecule has 2 aliphatic rings. The number of aryl methyl sites for hydroxylation is 1. The number of benzene rings is 1. The van der Waals surface area contributed by atoms with Gasteiger partial charge < -0.3 is 4.90 Å². The van der Waals surface area contributed by atoms with Gasteiger partial charge in [-0.05, 0) is 57.7 Å². The van der Waals surface area contributed by atoms with E-state index in [1.165, 1.54) is 5.56 Å². The van der Waals surface area contributed by atoms with E-state index in [1.54, 1.807) is 4.90 Å². The van der Waals surface area contributed by atoms with Gasteiger partial charge in [0.25, 0.3) is 0 Å². The number of carbonyl (C=O) groups excluding carboxylic acids is 2. The first kappa shape index (κ1) is 23.4. The second-order valence-electron chi connectivity index (χ2n) is 9.17. The van der Waals surface area contributed by atoms with Gasteiger partial charge in [-0.15, -0.1) is 0 Å². The molecule has 0 aliphatic carbocycles. The van der Waals surface area contributed by atoms with Gasteiger partial charge in [0, 0.05) is 31.3 Å². The molecule has 2 aromatic rings. The number of likely N-dealkylation sites (tertiary alicyclic amines) is 1. The van der Waals surface area contributed by atoms with Crippen molar-refractivity contribution in [2.24, 2.45) is 0 Å². The second kappa shape index (κ2) is 10.4. The van der Waals surface area contributed by atoms with Crippen LogP contribution in [0.5, 0.6) is 0 Å². The molecule has 176 valence electrons. The van der Waals surface area contributed by atoms with Crippen LogP contribution in [0.2, 0.25) is 0 Å². The minimum atomic E-state index is -0.0832. The molecule has 1 atom stereocenters. The van der Waals surface area contributed by atoms with E-state index in [-0.39, 0.29) is 17.9 Å². The van der Waals surface area contributed by atoms with E-state index >= 15 is 0 Å². The fourth-order valence-electron chi connectivity index (χ4n) is 5.01. The van der Waals surface area contributed by atoms with Crippen molar-refractivity contribution in [2.75, 3.05) is 31.6 Å². The molecule has 0 N–H and O–H groups in total. The van der Waals surface area contributed by atoms with Gasteiger partial charge in [-0.2, -0.15) is 0 Å². The Labute approximate surface area is 196 Å². The number of hydrogen-bond donors (Lipinski definition) is 0. The molecule has 1 aromatic heterocycles. The summed E-state index contributed by atoms with van der Waals surface area (Å²) in [6, 6.07) is 10.1. The van der Waals surface area contributed by atoms with Gasteiger partial charge in [-0.3, -0.25) is 19.4 Å². The van der Waals surface area contributed by atoms with E-state index in [0.29, 0.717) is 31.8 Å². The van der Waals surface area contributed by atoms with Crippen molar-refractivity contribution >= 4 is 17.6 Å². The third-order valence-corrected chi connectivity index (χ3v) is 6.86. The summed E-state index contributed by atoms with van der Waals surface area (Å²) in [5.74, 6) is 1.54. The molecule has 0 radical (unpaired) electrons. The number of hydrogen-bond acceptors (Lipinski definition) is 5. The summed E-state index contributed by atoms with van der Waals surface area (Å²) in [6.07, 6.45) is 5.05. The highest BCUT2D eigenvalue weighted by Crippen LogP contribution is 2.28. The van der Waals surface area contributed by atoms with E-state index in [0.717, 1.165) is 55.8 Å². The number of fused-ring (bicyclic) bond motifs is 1. The van der Waals surface area contributed by atoms with E-state index in [9.17, 15) is 9.59 Å². The second-order valence-corrected chi connectivity index (χ2v) is 9.17. The lowest BCUT2D eigenvalue weighted by Gasteiger charge is -2.31. The first-order valence-corrected chi connectivity index (χ1v) is 12.2. The molecule has 0 unspecified atom stereocenters. The van der Waals surface area contributed by atoms with E-state index in [1.807, 2.05) is 37.1 Å². The summed E-state index contributed by atoms with van der Waals surface area (Å²) in [7, 11) is 1.83. The van der Waals surface area contributed by atoms with E-state index in [4.69, 9.17) is 9.97 Å². The lowest BCUT2D eigenvalue weighted by atomic mass is 10.0. The maximum Gasteiger partial charge on any atom is 0.240 e. The van der Waals surface area contributed by atoms with Crippen LogP contribution in [0.3, 0.4) is 0 Å². The highest BCUT2D eigenvalue weighted by molar-refractivity contribution is 5.95. The summed E-state index contributed by atoms with van der Waals surface area (Å²) in [6.45, 7) is 6.97. The Balaban J connectivity index is 1.52. The van der Waals surface area contributed by atoms with Gasteiger partial charge >= 0.3 is 0 Å². The third-order valence-electron chi connectivity index (χ3n) is 6.86. The van der Waals surface area contributed by atoms with Gasteiger partial charge in [-0.25, -0.2) is 9.97 Å². The van der Waals surface area contributed by atoms with E-state index in [2.05, 4.69) is 24.0 Å². The predicted octanol–water partition coefficient (Wildman–Crippen LogP) is 3.14. The zero-order valence-electron chi connectivity index (χ0n) is 20.1. The van der Waals surface area contributed by atoms with Crippen LogP contribution in [0.4, 0.5) is 5.82 Å². The van der Waals surface area contributed by atoms with Crippen molar-refractivity contribution in [2.45, 2.75) is 65.0 Å². The van der Waals surface area contributed by atoms with Crippen LogP contribution in [0, 0.1) is 6.92 Å². The summed E-state index contributed by atoms with van der Waals surface area (Å²) < 4.78 is 0. The summed E-state index contributed by atoms with van der Waals surface area (Å²) in [4.78, 5) is 41.4. The highest BCUT2D eigenvalue weighted by Gasteiger charge is 2.31. The van der Waals surface area contributed by atoms with Gasteiger partial charge in [0.05, 0.1) is 12.6 Å². The molecule has 3 heterocycles. The Morgan fingerprint density at radius 3 is 2.55 bits per heavy atom. The predicted molar refractivity (Wildman–Crippen MR) is 129 cm³/mol. The standard InChI is InChI=1S/C26H35N5O2/c1-4-22(30-15-8-9-16-30)26(33)29(3)18-23-27-19(2)21-12-13-24(32)31(25(21)28-23)17-14-20-10-6-5-7-11-20/h5-7,10-11,22H,4,8-9,12-18H2,1-3H3/t22-/m0/s1. The molecule has 4 rings (SSSR count). The molecule has 7 heteroatoms. The Morgan fingerprint density at radius 2 is 1.85 bits per heavy atom. The Morgan fingerprint density at radius 1 is 1.12 bits per heavy atom. The third kappa shape index (κ3) is 5.24. The molecule has 1 fully saturated rings. The average Bonchev–Trinajstić information content (AvgIpc) is 3.34. The molecule has 0 saturated carbocycles. The SMILES string of the molecule is CC[C@@H](C(=O)N(C)Cc1nc(C)c2c(n1)N(CCc1ccccc1)C(=O)CC2)N1CCCC1. The van der Waals surface area contributed by atoms with Gasteiger partial charge in [0.2, 0.25) is 11.8 Å². The van der Waals surface area contributed by atoms with Crippen molar-refractivity contribution in [1.82, 2.24) is 19.8 Å². The first-order valence-electron chi connectivity index (χ1n) is 12.2. The number of nitrogens with zero attached hydrogens (tertiary/aromatic N) is 5. The Kier molecular flexibility index (Phi) is 7.38. The Hall–Kier alpha value is -2.80. The Bertz CT molecular complexity index is 988. The summed E-state index contributed by atoms with van der Waals surface area (Å²) >= 11 is 0. The first-order chi connectivity index (χ1) is 16.0. The van der Waals surface area contributed by atoms with Crippen LogP contribution in [0.1, 0.15) is 55.3 Å². The van der Waals surface area contributed by atoms with Crippen molar-refractivity contribution in [3.05, 3.63) is 53.0 Å². The molecular formula is C26H35N5O2. The van der Waals surface area contributed by atoms with Crippen molar-refractivity contribution in [3.8, 4) is 0 Å². The number of amides is 2. The fourth-order valence-corrected chi connectivity index (χ4v) is 5.01. The number of aromatic nitrogens is 2. The highest BCUT2D eigenvalue weighted by atomic mass is 16.2.